The molecule has 6 heteroatoms. The first kappa shape index (κ1) is 19.7. The fourth-order valence-electron chi connectivity index (χ4n) is 3.17. The Kier molecular flexibility index (Phi) is 6.42. The Morgan fingerprint density at radius 2 is 1.78 bits per heavy atom. The van der Waals surface area contributed by atoms with Gasteiger partial charge in [-0.15, -0.1) is 11.8 Å². The molecule has 0 N–H and O–H groups in total. The van der Waals surface area contributed by atoms with E-state index in [0.717, 1.165) is 28.4 Å². The van der Waals surface area contributed by atoms with Crippen molar-refractivity contribution in [1.82, 2.24) is 4.90 Å². The van der Waals surface area contributed by atoms with Crippen LogP contribution in [0.1, 0.15) is 10.8 Å². The summed E-state index contributed by atoms with van der Waals surface area (Å²) in [6, 6.07) is 15.9. The number of rotatable bonds is 6. The first-order chi connectivity index (χ1) is 13.0. The maximum Gasteiger partial charge on any atom is 0.257 e. The first-order valence-electron chi connectivity index (χ1n) is 8.93. The average Bonchev–Trinajstić information content (AvgIpc) is 2.80. The van der Waals surface area contributed by atoms with Crippen molar-refractivity contribution in [3.63, 3.8) is 0 Å². The summed E-state index contributed by atoms with van der Waals surface area (Å²) >= 11 is 1.68. The maximum atomic E-state index is 13.4. The summed E-state index contributed by atoms with van der Waals surface area (Å²) in [6.45, 7) is 1.41. The summed E-state index contributed by atoms with van der Waals surface area (Å²) in [4.78, 5) is 18.4. The smallest absolute Gasteiger partial charge is 0.257 e. The number of carbonyl (C=O) groups excluding carboxylic acids is 1. The van der Waals surface area contributed by atoms with E-state index in [2.05, 4.69) is 11.0 Å². The van der Waals surface area contributed by atoms with Crippen LogP contribution in [-0.4, -0.2) is 58.3 Å². The van der Waals surface area contributed by atoms with E-state index >= 15 is 0 Å². The van der Waals surface area contributed by atoms with Gasteiger partial charge in [-0.1, -0.05) is 24.3 Å². The summed E-state index contributed by atoms with van der Waals surface area (Å²) in [5.41, 5.74) is 2.00. The third-order valence-electron chi connectivity index (χ3n) is 4.66. The predicted octanol–water partition coefficient (Wildman–Crippen LogP) is 3.45. The summed E-state index contributed by atoms with van der Waals surface area (Å²) in [6.07, 6.45) is -0.557. The molecular weight excluding hydrogens is 360 g/mol. The van der Waals surface area contributed by atoms with Gasteiger partial charge in [0.25, 0.3) is 5.91 Å². The number of anilines is 1. The Labute approximate surface area is 165 Å². The SMILES string of the molecule is COc1ccc(C2Sc3ccccc3N(CCN(C)C)C(=O)C2OC)cc1. The Bertz CT molecular complexity index is 779. The van der Waals surface area contributed by atoms with Gasteiger partial charge in [0.15, 0.2) is 6.10 Å². The van der Waals surface area contributed by atoms with Crippen LogP contribution in [0.4, 0.5) is 5.69 Å². The number of likely N-dealkylation sites (N-methyl/N-ethyl adjacent to an activating group) is 1. The molecule has 2 aromatic rings. The first-order valence-corrected chi connectivity index (χ1v) is 9.81. The van der Waals surface area contributed by atoms with Crippen LogP contribution in [0.3, 0.4) is 0 Å². The van der Waals surface area contributed by atoms with Gasteiger partial charge in [-0.2, -0.15) is 0 Å². The van der Waals surface area contributed by atoms with Crippen LogP contribution >= 0.6 is 11.8 Å². The van der Waals surface area contributed by atoms with Crippen molar-refractivity contribution in [3.8, 4) is 5.75 Å². The zero-order chi connectivity index (χ0) is 19.4. The van der Waals surface area contributed by atoms with Crippen LogP contribution in [-0.2, 0) is 9.53 Å². The zero-order valence-corrected chi connectivity index (χ0v) is 17.0. The molecular formula is C21H26N2O3S. The molecule has 144 valence electrons. The number of para-hydroxylation sites is 1. The molecule has 5 nitrogen and oxygen atoms in total. The van der Waals surface area contributed by atoms with Gasteiger partial charge in [0.05, 0.1) is 18.0 Å². The molecule has 0 radical (unpaired) electrons. The number of hydrogen-bond acceptors (Lipinski definition) is 5. The van der Waals surface area contributed by atoms with Crippen LogP contribution in [0.2, 0.25) is 0 Å². The molecule has 1 aliphatic rings. The summed E-state index contributed by atoms with van der Waals surface area (Å²) in [5, 5.41) is -0.126. The van der Waals surface area contributed by atoms with Gasteiger partial charge in [-0.3, -0.25) is 4.79 Å². The van der Waals surface area contributed by atoms with Gasteiger partial charge in [0.1, 0.15) is 5.75 Å². The molecule has 0 bridgehead atoms. The molecule has 3 rings (SSSR count). The van der Waals surface area contributed by atoms with Gasteiger partial charge < -0.3 is 19.3 Å². The number of nitrogens with zero attached hydrogens (tertiary/aromatic N) is 2. The highest BCUT2D eigenvalue weighted by Crippen LogP contribution is 2.46. The fraction of sp³-hybridized carbons (Fsp3) is 0.381. The molecule has 0 saturated carbocycles. The summed E-state index contributed by atoms with van der Waals surface area (Å²) in [7, 11) is 7.28. The number of hydrogen-bond donors (Lipinski definition) is 0. The van der Waals surface area contributed by atoms with E-state index < -0.39 is 6.10 Å². The van der Waals surface area contributed by atoms with Crippen molar-refractivity contribution < 1.29 is 14.3 Å². The molecule has 1 heterocycles. The largest absolute Gasteiger partial charge is 0.497 e. The number of thioether (sulfide) groups is 1. The van der Waals surface area contributed by atoms with Gasteiger partial charge in [-0.05, 0) is 43.9 Å². The highest BCUT2D eigenvalue weighted by Gasteiger charge is 2.38. The quantitative estimate of drug-likeness (QED) is 0.761. The van der Waals surface area contributed by atoms with Crippen molar-refractivity contribution in [3.05, 3.63) is 54.1 Å². The van der Waals surface area contributed by atoms with Crippen molar-refractivity contribution in [2.75, 3.05) is 46.3 Å². The molecule has 2 atom stereocenters. The van der Waals surface area contributed by atoms with E-state index in [4.69, 9.17) is 9.47 Å². The average molecular weight is 387 g/mol. The monoisotopic (exact) mass is 386 g/mol. The minimum atomic E-state index is -0.557. The molecule has 0 fully saturated rings. The topological polar surface area (TPSA) is 42.0 Å². The van der Waals surface area contributed by atoms with Crippen molar-refractivity contribution in [2.45, 2.75) is 16.2 Å². The number of fused-ring (bicyclic) bond motifs is 1. The normalized spacial score (nSPS) is 19.7. The lowest BCUT2D eigenvalue weighted by Crippen LogP contribution is -2.44. The standard InChI is InChI=1S/C21H26N2O3S/c1-22(2)13-14-23-17-7-5-6-8-18(17)27-20(19(26-4)21(23)24)15-9-11-16(25-3)12-10-15/h5-12,19-20H,13-14H2,1-4H3. The molecule has 0 spiro atoms. The molecule has 1 amide bonds. The van der Waals surface area contributed by atoms with Crippen molar-refractivity contribution in [1.29, 1.82) is 0 Å². The third-order valence-corrected chi connectivity index (χ3v) is 6.04. The van der Waals surface area contributed by atoms with E-state index in [1.54, 1.807) is 26.0 Å². The number of amides is 1. The number of ether oxygens (including phenoxy) is 2. The van der Waals surface area contributed by atoms with Gasteiger partial charge >= 0.3 is 0 Å². The van der Waals surface area contributed by atoms with E-state index in [9.17, 15) is 4.79 Å². The zero-order valence-electron chi connectivity index (χ0n) is 16.2. The molecule has 0 aliphatic carbocycles. The lowest BCUT2D eigenvalue weighted by atomic mass is 10.1. The van der Waals surface area contributed by atoms with Crippen LogP contribution in [0.5, 0.6) is 5.75 Å². The third kappa shape index (κ3) is 4.29. The van der Waals surface area contributed by atoms with Crippen LogP contribution in [0, 0.1) is 0 Å². The van der Waals surface area contributed by atoms with Crippen LogP contribution in [0.25, 0.3) is 0 Å². The second-order valence-corrected chi connectivity index (χ2v) is 7.91. The summed E-state index contributed by atoms with van der Waals surface area (Å²) in [5.74, 6) is 0.795. The summed E-state index contributed by atoms with van der Waals surface area (Å²) < 4.78 is 11.0. The highest BCUT2D eigenvalue weighted by atomic mass is 32.2. The fourth-order valence-corrected chi connectivity index (χ4v) is 4.55. The second kappa shape index (κ2) is 8.78. The van der Waals surface area contributed by atoms with Crippen LogP contribution < -0.4 is 9.64 Å². The van der Waals surface area contributed by atoms with Gasteiger partial charge in [0, 0.05) is 25.1 Å². The lowest BCUT2D eigenvalue weighted by molar-refractivity contribution is -0.128. The number of methoxy groups -OCH3 is 2. The van der Waals surface area contributed by atoms with E-state index in [1.165, 1.54) is 0 Å². The molecule has 2 aromatic carbocycles. The molecule has 0 saturated heterocycles. The van der Waals surface area contributed by atoms with E-state index in [0.29, 0.717) is 6.54 Å². The Balaban J connectivity index is 2.01. The van der Waals surface area contributed by atoms with Gasteiger partial charge in [-0.25, -0.2) is 0 Å². The highest BCUT2D eigenvalue weighted by molar-refractivity contribution is 7.99. The van der Waals surface area contributed by atoms with Crippen molar-refractivity contribution >= 4 is 23.4 Å². The minimum Gasteiger partial charge on any atom is -0.497 e. The Morgan fingerprint density at radius 1 is 1.07 bits per heavy atom. The van der Waals surface area contributed by atoms with E-state index in [-0.39, 0.29) is 11.2 Å². The molecule has 2 unspecified atom stereocenters. The number of carbonyl (C=O) groups is 1. The Morgan fingerprint density at radius 3 is 2.41 bits per heavy atom. The predicted molar refractivity (Wildman–Crippen MR) is 110 cm³/mol. The van der Waals surface area contributed by atoms with E-state index in [1.807, 2.05) is 61.5 Å². The number of benzene rings is 2. The lowest BCUT2D eigenvalue weighted by Gasteiger charge is -2.28. The molecule has 0 aromatic heterocycles. The van der Waals surface area contributed by atoms with Crippen LogP contribution in [0.15, 0.2) is 53.4 Å². The minimum absolute atomic E-state index is 0.00221. The van der Waals surface area contributed by atoms with Gasteiger partial charge in [0.2, 0.25) is 0 Å². The second-order valence-electron chi connectivity index (χ2n) is 6.73. The molecule has 1 aliphatic heterocycles. The van der Waals surface area contributed by atoms with Crippen molar-refractivity contribution in [2.24, 2.45) is 0 Å². The molecule has 27 heavy (non-hydrogen) atoms. The maximum absolute atomic E-state index is 13.4. The Hall–Kier alpha value is -2.02.